The third-order valence-corrected chi connectivity index (χ3v) is 2.87. The predicted molar refractivity (Wildman–Crippen MR) is 72.1 cm³/mol. The molecular weight excluding hydrogens is 228 g/mol. The molecule has 0 aliphatic carbocycles. The molecule has 0 aliphatic rings. The smallest absolute Gasteiger partial charge is 0.239 e. The molecule has 1 rings (SSSR count). The number of carbonyl (C=O) groups is 1. The average Bonchev–Trinajstić information content (AvgIpc) is 2.36. The van der Waals surface area contributed by atoms with Crippen LogP contribution >= 0.6 is 0 Å². The van der Waals surface area contributed by atoms with Crippen LogP contribution < -0.4 is 5.73 Å². The first-order valence-corrected chi connectivity index (χ1v) is 6.23. The maximum atomic E-state index is 12.0. The normalized spacial score (nSPS) is 14.0. The van der Waals surface area contributed by atoms with Crippen molar-refractivity contribution in [1.82, 2.24) is 4.90 Å². The van der Waals surface area contributed by atoms with E-state index in [0.717, 1.165) is 5.56 Å². The summed E-state index contributed by atoms with van der Waals surface area (Å²) in [5, 5.41) is 9.19. The van der Waals surface area contributed by atoms with E-state index in [0.29, 0.717) is 19.4 Å². The molecule has 4 heteroatoms. The van der Waals surface area contributed by atoms with Crippen molar-refractivity contribution >= 4 is 5.91 Å². The van der Waals surface area contributed by atoms with E-state index < -0.39 is 12.1 Å². The lowest BCUT2D eigenvalue weighted by Crippen LogP contribution is -2.43. The first-order valence-electron chi connectivity index (χ1n) is 6.23. The van der Waals surface area contributed by atoms with Gasteiger partial charge in [0.1, 0.15) is 0 Å². The fourth-order valence-electron chi connectivity index (χ4n) is 1.73. The van der Waals surface area contributed by atoms with Gasteiger partial charge in [-0.3, -0.25) is 4.79 Å². The van der Waals surface area contributed by atoms with Crippen molar-refractivity contribution in [3.05, 3.63) is 35.9 Å². The Morgan fingerprint density at radius 1 is 1.39 bits per heavy atom. The second kappa shape index (κ2) is 7.13. The van der Waals surface area contributed by atoms with E-state index in [4.69, 9.17) is 5.73 Å². The molecular formula is C14H22N2O2. The molecule has 4 nitrogen and oxygen atoms in total. The van der Waals surface area contributed by atoms with Gasteiger partial charge in [0.15, 0.2) is 0 Å². The second-order valence-electron chi connectivity index (χ2n) is 4.69. The number of carbonyl (C=O) groups excluding carboxylic acids is 1. The standard InChI is InChI=1S/C14H22N2O2/c1-11(17)8-9-16(2)14(18)13(15)10-12-6-4-3-5-7-12/h3-7,11,13,17H,8-10,15H2,1-2H3/t11?,13-/m0/s1. The van der Waals surface area contributed by atoms with Gasteiger partial charge in [-0.2, -0.15) is 0 Å². The summed E-state index contributed by atoms with van der Waals surface area (Å²) in [6, 6.07) is 9.21. The van der Waals surface area contributed by atoms with Gasteiger partial charge in [0, 0.05) is 13.6 Å². The van der Waals surface area contributed by atoms with E-state index in [1.165, 1.54) is 0 Å². The highest BCUT2D eigenvalue weighted by Crippen LogP contribution is 2.04. The summed E-state index contributed by atoms with van der Waals surface area (Å²) in [4.78, 5) is 13.6. The molecule has 0 aromatic heterocycles. The van der Waals surface area contributed by atoms with E-state index in [-0.39, 0.29) is 5.91 Å². The molecule has 0 radical (unpaired) electrons. The van der Waals surface area contributed by atoms with Crippen LogP contribution in [0.15, 0.2) is 30.3 Å². The summed E-state index contributed by atoms with van der Waals surface area (Å²) in [5.41, 5.74) is 6.96. The number of aliphatic hydroxyl groups excluding tert-OH is 1. The molecule has 0 bridgehead atoms. The summed E-state index contributed by atoms with van der Waals surface area (Å²) >= 11 is 0. The molecule has 0 saturated heterocycles. The number of hydrogen-bond acceptors (Lipinski definition) is 3. The van der Waals surface area contributed by atoms with Gasteiger partial charge >= 0.3 is 0 Å². The Labute approximate surface area is 108 Å². The molecule has 1 unspecified atom stereocenters. The summed E-state index contributed by atoms with van der Waals surface area (Å²) in [6.07, 6.45) is 0.713. The number of nitrogens with zero attached hydrogens (tertiary/aromatic N) is 1. The largest absolute Gasteiger partial charge is 0.393 e. The molecule has 1 aromatic carbocycles. The zero-order chi connectivity index (χ0) is 13.5. The third kappa shape index (κ3) is 4.85. The van der Waals surface area contributed by atoms with E-state index in [2.05, 4.69) is 0 Å². The number of benzene rings is 1. The van der Waals surface area contributed by atoms with Crippen molar-refractivity contribution in [3.63, 3.8) is 0 Å². The van der Waals surface area contributed by atoms with Crippen LogP contribution in [0.5, 0.6) is 0 Å². The number of aliphatic hydroxyl groups is 1. The lowest BCUT2D eigenvalue weighted by atomic mass is 10.1. The number of nitrogens with two attached hydrogens (primary N) is 1. The van der Waals surface area contributed by atoms with Crippen molar-refractivity contribution in [3.8, 4) is 0 Å². The van der Waals surface area contributed by atoms with Crippen molar-refractivity contribution in [2.75, 3.05) is 13.6 Å². The minimum absolute atomic E-state index is 0.0838. The molecule has 0 heterocycles. The van der Waals surface area contributed by atoms with Crippen molar-refractivity contribution < 1.29 is 9.90 Å². The molecule has 1 amide bonds. The van der Waals surface area contributed by atoms with Gasteiger partial charge in [-0.25, -0.2) is 0 Å². The van der Waals surface area contributed by atoms with Gasteiger partial charge in [0.25, 0.3) is 0 Å². The van der Waals surface area contributed by atoms with E-state index in [1.54, 1.807) is 18.9 Å². The first kappa shape index (κ1) is 14.7. The van der Waals surface area contributed by atoms with E-state index in [9.17, 15) is 9.90 Å². The van der Waals surface area contributed by atoms with Crippen molar-refractivity contribution in [2.24, 2.45) is 5.73 Å². The molecule has 18 heavy (non-hydrogen) atoms. The first-order chi connectivity index (χ1) is 8.50. The predicted octanol–water partition coefficient (Wildman–Crippen LogP) is 0.786. The number of rotatable bonds is 6. The second-order valence-corrected chi connectivity index (χ2v) is 4.69. The lowest BCUT2D eigenvalue weighted by molar-refractivity contribution is -0.131. The quantitative estimate of drug-likeness (QED) is 0.784. The minimum atomic E-state index is -0.522. The van der Waals surface area contributed by atoms with Crippen LogP contribution in [0, 0.1) is 0 Å². The Morgan fingerprint density at radius 3 is 2.56 bits per heavy atom. The maximum Gasteiger partial charge on any atom is 0.239 e. The van der Waals surface area contributed by atoms with Gasteiger partial charge in [-0.05, 0) is 25.3 Å². The molecule has 0 aliphatic heterocycles. The highest BCUT2D eigenvalue weighted by Gasteiger charge is 2.18. The average molecular weight is 250 g/mol. The zero-order valence-electron chi connectivity index (χ0n) is 11.0. The maximum absolute atomic E-state index is 12.0. The monoisotopic (exact) mass is 250 g/mol. The van der Waals surface area contributed by atoms with E-state index in [1.807, 2.05) is 30.3 Å². The van der Waals surface area contributed by atoms with E-state index >= 15 is 0 Å². The van der Waals surface area contributed by atoms with Crippen molar-refractivity contribution in [2.45, 2.75) is 31.9 Å². The van der Waals surface area contributed by atoms with Crippen LogP contribution in [0.1, 0.15) is 18.9 Å². The lowest BCUT2D eigenvalue weighted by Gasteiger charge is -2.22. The Hall–Kier alpha value is -1.39. The van der Waals surface area contributed by atoms with Gasteiger partial charge in [-0.15, -0.1) is 0 Å². The molecule has 3 N–H and O–H groups in total. The Bertz CT molecular complexity index is 365. The van der Waals surface area contributed by atoms with Crippen molar-refractivity contribution in [1.29, 1.82) is 0 Å². The Morgan fingerprint density at radius 2 is 2.00 bits per heavy atom. The molecule has 0 saturated carbocycles. The number of hydrogen-bond donors (Lipinski definition) is 2. The molecule has 0 fully saturated rings. The highest BCUT2D eigenvalue weighted by molar-refractivity contribution is 5.81. The molecule has 0 spiro atoms. The van der Waals surface area contributed by atoms with Crippen LogP contribution in [0.3, 0.4) is 0 Å². The summed E-state index contributed by atoms with van der Waals surface area (Å²) < 4.78 is 0. The van der Waals surface area contributed by atoms with Crippen LogP contribution in [-0.2, 0) is 11.2 Å². The topological polar surface area (TPSA) is 66.6 Å². The zero-order valence-corrected chi connectivity index (χ0v) is 11.0. The summed E-state index contributed by atoms with van der Waals surface area (Å²) in [5.74, 6) is -0.0838. The minimum Gasteiger partial charge on any atom is -0.393 e. The Kier molecular flexibility index (Phi) is 5.82. The Balaban J connectivity index is 2.46. The third-order valence-electron chi connectivity index (χ3n) is 2.87. The van der Waals surface area contributed by atoms with Gasteiger partial charge < -0.3 is 15.7 Å². The van der Waals surface area contributed by atoms with Gasteiger partial charge in [0.2, 0.25) is 5.91 Å². The molecule has 1 aromatic rings. The van der Waals surface area contributed by atoms with Crippen LogP contribution in [0.4, 0.5) is 0 Å². The molecule has 2 atom stereocenters. The number of likely N-dealkylation sites (N-methyl/N-ethyl adjacent to an activating group) is 1. The highest BCUT2D eigenvalue weighted by atomic mass is 16.3. The number of amides is 1. The summed E-state index contributed by atoms with van der Waals surface area (Å²) in [7, 11) is 1.72. The SMILES string of the molecule is CC(O)CCN(C)C(=O)[C@@H](N)Cc1ccccc1. The van der Waals surface area contributed by atoms with Crippen LogP contribution in [0.25, 0.3) is 0 Å². The fourth-order valence-corrected chi connectivity index (χ4v) is 1.73. The van der Waals surface area contributed by atoms with Gasteiger partial charge in [0.05, 0.1) is 12.1 Å². The fraction of sp³-hybridized carbons (Fsp3) is 0.500. The molecule has 100 valence electrons. The van der Waals surface area contributed by atoms with Crippen LogP contribution in [-0.4, -0.2) is 41.7 Å². The van der Waals surface area contributed by atoms with Crippen LogP contribution in [0.2, 0.25) is 0 Å². The van der Waals surface area contributed by atoms with Gasteiger partial charge in [-0.1, -0.05) is 30.3 Å². The summed E-state index contributed by atoms with van der Waals surface area (Å²) in [6.45, 7) is 2.24.